The van der Waals surface area contributed by atoms with E-state index in [0.29, 0.717) is 6.42 Å². The monoisotopic (exact) mass is 226 g/mol. The summed E-state index contributed by atoms with van der Waals surface area (Å²) in [5.41, 5.74) is 1.03. The van der Waals surface area contributed by atoms with E-state index in [9.17, 15) is 4.79 Å². The second-order valence-corrected chi connectivity index (χ2v) is 3.97. The minimum Gasteiger partial charge on any atom is -0.454 e. The van der Waals surface area contributed by atoms with Gasteiger partial charge in [-0.3, -0.25) is 4.79 Å². The Hall–Kier alpha value is -1.22. The fraction of sp³-hybridized carbons (Fsp3) is 0.364. The van der Waals surface area contributed by atoms with Gasteiger partial charge in [-0.1, -0.05) is 13.0 Å². The molecule has 0 bridgehead atoms. The van der Waals surface area contributed by atoms with Gasteiger partial charge in [0, 0.05) is 5.92 Å². The molecule has 0 aliphatic carbocycles. The normalized spacial score (nSPS) is 15.1. The third-order valence-corrected chi connectivity index (χ3v) is 2.74. The Morgan fingerprint density at radius 3 is 2.93 bits per heavy atom. The van der Waals surface area contributed by atoms with Crippen LogP contribution in [-0.2, 0) is 11.2 Å². The lowest BCUT2D eigenvalue weighted by Gasteiger charge is -2.06. The Morgan fingerprint density at radius 2 is 2.20 bits per heavy atom. The van der Waals surface area contributed by atoms with Gasteiger partial charge in [0.15, 0.2) is 11.5 Å². The lowest BCUT2D eigenvalue weighted by molar-refractivity contribution is -0.114. The number of hydrogen-bond donors (Lipinski definition) is 0. The molecule has 0 spiro atoms. The number of halogens is 1. The van der Waals surface area contributed by atoms with E-state index in [4.69, 9.17) is 21.1 Å². The lowest BCUT2D eigenvalue weighted by atomic mass is 10.0. The average molecular weight is 227 g/mol. The third-order valence-electron chi connectivity index (χ3n) is 2.37. The van der Waals surface area contributed by atoms with E-state index in [1.807, 2.05) is 18.2 Å². The Balaban J connectivity index is 2.13. The molecule has 1 aromatic rings. The summed E-state index contributed by atoms with van der Waals surface area (Å²) in [6, 6.07) is 5.66. The molecule has 3 nitrogen and oxygen atoms in total. The van der Waals surface area contributed by atoms with Crippen LogP contribution in [0.1, 0.15) is 12.5 Å². The highest BCUT2D eigenvalue weighted by Gasteiger charge is 2.16. The minimum absolute atomic E-state index is 0.174. The molecule has 0 aromatic heterocycles. The van der Waals surface area contributed by atoms with Crippen LogP contribution in [0, 0.1) is 5.92 Å². The first-order valence-electron chi connectivity index (χ1n) is 4.74. The molecule has 4 heteroatoms. The van der Waals surface area contributed by atoms with Crippen molar-refractivity contribution in [3.05, 3.63) is 23.8 Å². The van der Waals surface area contributed by atoms with Gasteiger partial charge in [-0.05, 0) is 35.7 Å². The van der Waals surface area contributed by atoms with Crippen LogP contribution in [0.25, 0.3) is 0 Å². The van der Waals surface area contributed by atoms with Crippen molar-refractivity contribution in [2.45, 2.75) is 13.3 Å². The second kappa shape index (κ2) is 4.11. The summed E-state index contributed by atoms with van der Waals surface area (Å²) in [5.74, 6) is 1.32. The molecule has 0 fully saturated rings. The van der Waals surface area contributed by atoms with Crippen molar-refractivity contribution in [2.24, 2.45) is 5.92 Å². The first kappa shape index (κ1) is 10.3. The van der Waals surface area contributed by atoms with E-state index < -0.39 is 0 Å². The van der Waals surface area contributed by atoms with Gasteiger partial charge in [-0.2, -0.15) is 0 Å². The maximum atomic E-state index is 10.9. The quantitative estimate of drug-likeness (QED) is 0.743. The van der Waals surface area contributed by atoms with Gasteiger partial charge in [0.1, 0.15) is 0 Å². The molecule has 80 valence electrons. The van der Waals surface area contributed by atoms with Crippen LogP contribution in [0.5, 0.6) is 11.5 Å². The van der Waals surface area contributed by atoms with Gasteiger partial charge in [0.25, 0.3) is 0 Å². The summed E-state index contributed by atoms with van der Waals surface area (Å²) in [6.07, 6.45) is 0.624. The summed E-state index contributed by atoms with van der Waals surface area (Å²) < 4.78 is 10.4. The van der Waals surface area contributed by atoms with Crippen molar-refractivity contribution >= 4 is 16.8 Å². The van der Waals surface area contributed by atoms with Gasteiger partial charge < -0.3 is 9.47 Å². The standard InChI is InChI=1S/C11H11ClO3/c1-7(11(12)13)4-8-2-3-9-10(5-8)15-6-14-9/h2-3,5,7H,4,6H2,1H3. The van der Waals surface area contributed by atoms with Crippen LogP contribution in [0.2, 0.25) is 0 Å². The van der Waals surface area contributed by atoms with Crippen LogP contribution in [0.15, 0.2) is 18.2 Å². The van der Waals surface area contributed by atoms with Crippen LogP contribution in [0.3, 0.4) is 0 Å². The van der Waals surface area contributed by atoms with Crippen molar-refractivity contribution in [3.8, 4) is 11.5 Å². The number of fused-ring (bicyclic) bond motifs is 1. The number of carbonyl (C=O) groups is 1. The van der Waals surface area contributed by atoms with Gasteiger partial charge in [0.2, 0.25) is 12.0 Å². The number of carbonyl (C=O) groups excluding carboxylic acids is 1. The third kappa shape index (κ3) is 2.23. The SMILES string of the molecule is CC(Cc1ccc2c(c1)OCO2)C(=O)Cl. The van der Waals surface area contributed by atoms with E-state index in [1.54, 1.807) is 6.92 Å². The smallest absolute Gasteiger partial charge is 0.231 e. The Kier molecular flexibility index (Phi) is 2.82. The molecule has 1 aliphatic rings. The van der Waals surface area contributed by atoms with Gasteiger partial charge in [-0.15, -0.1) is 0 Å². The van der Waals surface area contributed by atoms with Crippen LogP contribution < -0.4 is 9.47 Å². The zero-order valence-electron chi connectivity index (χ0n) is 8.33. The molecule has 1 heterocycles. The average Bonchev–Trinajstić information content (AvgIpc) is 2.64. The fourth-order valence-corrected chi connectivity index (χ4v) is 1.58. The van der Waals surface area contributed by atoms with Crippen LogP contribution in [0.4, 0.5) is 0 Å². The minimum atomic E-state index is -0.312. The van der Waals surface area contributed by atoms with E-state index >= 15 is 0 Å². The molecule has 1 unspecified atom stereocenters. The van der Waals surface area contributed by atoms with Crippen molar-refractivity contribution in [1.82, 2.24) is 0 Å². The molecule has 0 radical (unpaired) electrons. The van der Waals surface area contributed by atoms with Gasteiger partial charge >= 0.3 is 0 Å². The van der Waals surface area contributed by atoms with Crippen LogP contribution >= 0.6 is 11.6 Å². The lowest BCUT2D eigenvalue weighted by Crippen LogP contribution is -2.07. The van der Waals surface area contributed by atoms with Crippen molar-refractivity contribution in [3.63, 3.8) is 0 Å². The Labute approximate surface area is 92.9 Å². The number of ether oxygens (including phenoxy) is 2. The molecule has 0 N–H and O–H groups in total. The molecular formula is C11H11ClO3. The summed E-state index contributed by atoms with van der Waals surface area (Å²) >= 11 is 5.40. The molecule has 1 aliphatic heterocycles. The molecule has 0 saturated carbocycles. The maximum absolute atomic E-state index is 10.9. The topological polar surface area (TPSA) is 35.5 Å². The molecule has 2 rings (SSSR count). The first-order valence-corrected chi connectivity index (χ1v) is 5.12. The number of hydrogen-bond acceptors (Lipinski definition) is 3. The summed E-state index contributed by atoms with van der Waals surface area (Å²) in [5, 5.41) is -0.312. The highest BCUT2D eigenvalue weighted by atomic mass is 35.5. The molecule has 0 saturated heterocycles. The van der Waals surface area contributed by atoms with Gasteiger partial charge in [-0.25, -0.2) is 0 Å². The predicted molar refractivity (Wildman–Crippen MR) is 56.3 cm³/mol. The summed E-state index contributed by atoms with van der Waals surface area (Å²) in [6.45, 7) is 2.07. The Morgan fingerprint density at radius 1 is 1.47 bits per heavy atom. The predicted octanol–water partition coefficient (Wildman–Crippen LogP) is 2.36. The van der Waals surface area contributed by atoms with Crippen molar-refractivity contribution < 1.29 is 14.3 Å². The first-order chi connectivity index (χ1) is 7.16. The van der Waals surface area contributed by atoms with Crippen LogP contribution in [-0.4, -0.2) is 12.0 Å². The van der Waals surface area contributed by atoms with Crippen molar-refractivity contribution in [1.29, 1.82) is 0 Å². The summed E-state index contributed by atoms with van der Waals surface area (Å²) in [7, 11) is 0. The largest absolute Gasteiger partial charge is 0.454 e. The molecular weight excluding hydrogens is 216 g/mol. The van der Waals surface area contributed by atoms with E-state index in [1.165, 1.54) is 0 Å². The zero-order chi connectivity index (χ0) is 10.8. The molecule has 0 amide bonds. The highest BCUT2D eigenvalue weighted by molar-refractivity contribution is 6.63. The Bertz CT molecular complexity index is 389. The van der Waals surface area contributed by atoms with Gasteiger partial charge in [0.05, 0.1) is 0 Å². The second-order valence-electron chi connectivity index (χ2n) is 3.60. The fourth-order valence-electron chi connectivity index (χ4n) is 1.50. The summed E-state index contributed by atoms with van der Waals surface area (Å²) in [4.78, 5) is 10.9. The molecule has 15 heavy (non-hydrogen) atoms. The van der Waals surface area contributed by atoms with E-state index in [0.717, 1.165) is 17.1 Å². The molecule has 1 atom stereocenters. The number of benzene rings is 1. The maximum Gasteiger partial charge on any atom is 0.231 e. The van der Waals surface area contributed by atoms with Crippen molar-refractivity contribution in [2.75, 3.05) is 6.79 Å². The van der Waals surface area contributed by atoms with E-state index in [-0.39, 0.29) is 18.0 Å². The zero-order valence-corrected chi connectivity index (χ0v) is 9.08. The van der Waals surface area contributed by atoms with E-state index in [2.05, 4.69) is 0 Å². The number of rotatable bonds is 3. The molecule has 1 aromatic carbocycles. The highest BCUT2D eigenvalue weighted by Crippen LogP contribution is 2.33.